The van der Waals surface area contributed by atoms with Gasteiger partial charge in [0.15, 0.2) is 0 Å². The van der Waals surface area contributed by atoms with Crippen molar-refractivity contribution in [1.29, 1.82) is 0 Å². The smallest absolute Gasteiger partial charge is 0.431 e. The molecule has 5 nitrogen and oxygen atoms in total. The van der Waals surface area contributed by atoms with E-state index in [2.05, 4.69) is 5.10 Å². The fourth-order valence-corrected chi connectivity index (χ4v) is 1.66. The number of hydrogen-bond donors (Lipinski definition) is 1. The van der Waals surface area contributed by atoms with Gasteiger partial charge in [0.05, 0.1) is 11.2 Å². The van der Waals surface area contributed by atoms with Gasteiger partial charge in [0, 0.05) is 17.9 Å². The van der Waals surface area contributed by atoms with E-state index in [9.17, 15) is 5.02 Å². The first-order valence-corrected chi connectivity index (χ1v) is 5.81. The van der Waals surface area contributed by atoms with E-state index in [1.807, 2.05) is 27.7 Å². The van der Waals surface area contributed by atoms with Gasteiger partial charge in [-0.05, 0) is 34.5 Å². The van der Waals surface area contributed by atoms with Crippen LogP contribution in [0.3, 0.4) is 0 Å². The van der Waals surface area contributed by atoms with Gasteiger partial charge < -0.3 is 14.3 Å². The van der Waals surface area contributed by atoms with Crippen LogP contribution < -0.4 is 5.46 Å². The number of nitrogens with zero attached hydrogens (tertiary/aromatic N) is 2. The maximum absolute atomic E-state index is 9.40. The summed E-state index contributed by atoms with van der Waals surface area (Å²) >= 11 is 0. The Morgan fingerprint density at radius 3 is 2.24 bits per heavy atom. The van der Waals surface area contributed by atoms with Gasteiger partial charge in [0.25, 0.3) is 0 Å². The first-order valence-electron chi connectivity index (χ1n) is 5.81. The molecular formula is C10H18B2N2O3. The Hall–Kier alpha value is -0.780. The summed E-state index contributed by atoms with van der Waals surface area (Å²) in [7, 11) is -1.07. The monoisotopic (exact) mass is 236 g/mol. The minimum absolute atomic E-state index is 0.357. The van der Waals surface area contributed by atoms with Crippen LogP contribution in [0.1, 0.15) is 27.7 Å². The molecule has 1 aromatic heterocycles. The van der Waals surface area contributed by atoms with Crippen LogP contribution in [0.5, 0.6) is 0 Å². The molecule has 0 saturated carbocycles. The Kier molecular flexibility index (Phi) is 2.88. The summed E-state index contributed by atoms with van der Waals surface area (Å²) < 4.78 is 13.2. The quantitative estimate of drug-likeness (QED) is 0.742. The van der Waals surface area contributed by atoms with Gasteiger partial charge in [0.2, 0.25) is 0 Å². The maximum Gasteiger partial charge on any atom is 0.498 e. The molecule has 2 rings (SSSR count). The van der Waals surface area contributed by atoms with Crippen molar-refractivity contribution in [3.8, 4) is 0 Å². The van der Waals surface area contributed by atoms with Gasteiger partial charge in [-0.3, -0.25) is 4.59 Å². The predicted octanol–water partition coefficient (Wildman–Crippen LogP) is 0.141. The highest BCUT2D eigenvalue weighted by molar-refractivity contribution is 6.62. The van der Waals surface area contributed by atoms with Crippen molar-refractivity contribution in [2.45, 2.75) is 45.7 Å². The molecule has 17 heavy (non-hydrogen) atoms. The topological polar surface area (TPSA) is 56.5 Å². The van der Waals surface area contributed by atoms with Crippen molar-refractivity contribution in [2.75, 3.05) is 0 Å². The second-order valence-corrected chi connectivity index (χ2v) is 5.47. The lowest BCUT2D eigenvalue weighted by Crippen LogP contribution is -2.41. The first kappa shape index (κ1) is 12.7. The summed E-state index contributed by atoms with van der Waals surface area (Å²) in [6.07, 6.45) is 3.40. The van der Waals surface area contributed by atoms with Crippen LogP contribution in [0.15, 0.2) is 12.4 Å². The van der Waals surface area contributed by atoms with Crippen LogP contribution in [0.4, 0.5) is 0 Å². The third kappa shape index (κ3) is 2.14. The van der Waals surface area contributed by atoms with E-state index in [1.54, 1.807) is 19.2 Å². The third-order valence-corrected chi connectivity index (χ3v) is 3.53. The number of aromatic nitrogens is 2. The average Bonchev–Trinajstić information content (AvgIpc) is 2.70. The standard InChI is InChI=1S/C10H18B2N2O3/c1-9(2)10(3,4)17-12(16-9)8-6-13-14(7-8)11(5)15/h6-7,15H,1-5H3. The van der Waals surface area contributed by atoms with E-state index in [-0.39, 0.29) is 11.2 Å². The summed E-state index contributed by atoms with van der Waals surface area (Å²) in [6.45, 7) is 9.68. The SMILES string of the molecule is CB(O)n1cc(B2OC(C)(C)C(C)(C)O2)cn1. The molecule has 0 spiro atoms. The highest BCUT2D eigenvalue weighted by Crippen LogP contribution is 2.36. The van der Waals surface area contributed by atoms with E-state index in [0.717, 1.165) is 5.46 Å². The van der Waals surface area contributed by atoms with Crippen molar-refractivity contribution in [2.24, 2.45) is 0 Å². The van der Waals surface area contributed by atoms with Crippen LogP contribution in [-0.4, -0.2) is 40.1 Å². The second kappa shape index (κ2) is 3.86. The number of hydrogen-bond acceptors (Lipinski definition) is 4. The van der Waals surface area contributed by atoms with E-state index in [4.69, 9.17) is 9.31 Å². The van der Waals surface area contributed by atoms with Crippen LogP contribution in [0.2, 0.25) is 6.82 Å². The summed E-state index contributed by atoms with van der Waals surface area (Å²) in [5.41, 5.74) is 0.111. The maximum atomic E-state index is 9.40. The zero-order chi connectivity index (χ0) is 12.8. The molecular weight excluding hydrogens is 218 g/mol. The molecule has 0 aliphatic carbocycles. The minimum atomic E-state index is -0.647. The highest BCUT2D eigenvalue weighted by atomic mass is 16.7. The van der Waals surface area contributed by atoms with Gasteiger partial charge >= 0.3 is 14.2 Å². The normalized spacial score (nSPS) is 21.9. The Morgan fingerprint density at radius 2 is 1.82 bits per heavy atom. The largest absolute Gasteiger partial charge is 0.498 e. The van der Waals surface area contributed by atoms with Gasteiger partial charge in [-0.15, -0.1) is 0 Å². The van der Waals surface area contributed by atoms with Gasteiger partial charge in [-0.2, -0.15) is 5.10 Å². The Balaban J connectivity index is 2.20. The molecule has 1 fully saturated rings. The predicted molar refractivity (Wildman–Crippen MR) is 67.2 cm³/mol. The Labute approximate surface area is 102 Å². The third-order valence-electron chi connectivity index (χ3n) is 3.53. The molecule has 0 atom stereocenters. The van der Waals surface area contributed by atoms with Crippen molar-refractivity contribution >= 4 is 19.6 Å². The lowest BCUT2D eigenvalue weighted by atomic mass is 9.81. The molecule has 7 heteroatoms. The van der Waals surface area contributed by atoms with Crippen LogP contribution in [0.25, 0.3) is 0 Å². The Bertz CT molecular complexity index is 401. The summed E-state index contributed by atoms with van der Waals surface area (Å²) in [5.74, 6) is 0. The summed E-state index contributed by atoms with van der Waals surface area (Å²) in [6, 6.07) is 0. The zero-order valence-corrected chi connectivity index (χ0v) is 11.0. The molecule has 1 aliphatic rings. The second-order valence-electron chi connectivity index (χ2n) is 5.47. The van der Waals surface area contributed by atoms with Gasteiger partial charge in [-0.25, -0.2) is 0 Å². The Morgan fingerprint density at radius 1 is 1.29 bits per heavy atom. The van der Waals surface area contributed by atoms with Crippen LogP contribution in [0, 0.1) is 0 Å². The molecule has 1 saturated heterocycles. The van der Waals surface area contributed by atoms with Crippen LogP contribution in [-0.2, 0) is 9.31 Å². The average molecular weight is 236 g/mol. The van der Waals surface area contributed by atoms with E-state index in [1.165, 1.54) is 4.59 Å². The van der Waals surface area contributed by atoms with Crippen molar-refractivity contribution in [3.05, 3.63) is 12.4 Å². The van der Waals surface area contributed by atoms with E-state index >= 15 is 0 Å². The lowest BCUT2D eigenvalue weighted by Gasteiger charge is -2.32. The zero-order valence-electron chi connectivity index (χ0n) is 11.0. The molecule has 2 heterocycles. The molecule has 0 radical (unpaired) electrons. The molecule has 0 bridgehead atoms. The first-order chi connectivity index (χ1) is 7.73. The fraction of sp³-hybridized carbons (Fsp3) is 0.700. The van der Waals surface area contributed by atoms with Crippen molar-refractivity contribution < 1.29 is 14.3 Å². The van der Waals surface area contributed by atoms with Crippen molar-refractivity contribution in [1.82, 2.24) is 9.69 Å². The molecule has 1 aromatic rings. The lowest BCUT2D eigenvalue weighted by molar-refractivity contribution is 0.00578. The summed E-state index contributed by atoms with van der Waals surface area (Å²) in [4.78, 5) is 0. The molecule has 92 valence electrons. The van der Waals surface area contributed by atoms with Crippen molar-refractivity contribution in [3.63, 3.8) is 0 Å². The minimum Gasteiger partial charge on any atom is -0.431 e. The molecule has 0 aromatic carbocycles. The van der Waals surface area contributed by atoms with Gasteiger partial charge in [-0.1, -0.05) is 0 Å². The molecule has 1 N–H and O–H groups in total. The van der Waals surface area contributed by atoms with E-state index in [0.29, 0.717) is 0 Å². The van der Waals surface area contributed by atoms with Crippen LogP contribution >= 0.6 is 0 Å². The van der Waals surface area contributed by atoms with Gasteiger partial charge in [0.1, 0.15) is 0 Å². The fourth-order valence-electron chi connectivity index (χ4n) is 1.66. The van der Waals surface area contributed by atoms with E-state index < -0.39 is 14.2 Å². The molecule has 0 amide bonds. The molecule has 0 unspecified atom stereocenters. The highest BCUT2D eigenvalue weighted by Gasteiger charge is 2.52. The summed E-state index contributed by atoms with van der Waals surface area (Å²) in [5, 5.41) is 13.5. The number of rotatable bonds is 2. The molecule has 1 aliphatic heterocycles.